The van der Waals surface area contributed by atoms with E-state index in [4.69, 9.17) is 0 Å². The van der Waals surface area contributed by atoms with Crippen molar-refractivity contribution in [2.24, 2.45) is 5.92 Å². The molecule has 1 N–H and O–H groups in total. The first-order chi connectivity index (χ1) is 8.04. The molecule has 3 heteroatoms. The highest BCUT2D eigenvalue weighted by molar-refractivity contribution is 5.76. The molecule has 0 amide bonds. The van der Waals surface area contributed by atoms with Crippen LogP contribution in [0.5, 0.6) is 0 Å². The fraction of sp³-hybridized carbons (Fsp3) is 0.500. The van der Waals surface area contributed by atoms with Crippen molar-refractivity contribution < 1.29 is 14.3 Å². The molecule has 0 saturated heterocycles. The van der Waals surface area contributed by atoms with Crippen LogP contribution in [-0.4, -0.2) is 11.1 Å². The third-order valence-corrected chi connectivity index (χ3v) is 2.99. The zero-order valence-corrected chi connectivity index (χ0v) is 10.3. The van der Waals surface area contributed by atoms with E-state index < -0.39 is 11.9 Å². The number of hydrogen-bond acceptors (Lipinski definition) is 1. The minimum Gasteiger partial charge on any atom is -0.481 e. The smallest absolute Gasteiger partial charge is 0.310 e. The largest absolute Gasteiger partial charge is 0.481 e. The van der Waals surface area contributed by atoms with Crippen molar-refractivity contribution in [1.82, 2.24) is 0 Å². The van der Waals surface area contributed by atoms with Crippen molar-refractivity contribution in [3.8, 4) is 0 Å². The summed E-state index contributed by atoms with van der Waals surface area (Å²) in [5.41, 5.74) is 0.682. The highest BCUT2D eigenvalue weighted by atomic mass is 19.1. The lowest BCUT2D eigenvalue weighted by Crippen LogP contribution is -2.15. The van der Waals surface area contributed by atoms with Gasteiger partial charge in [-0.05, 0) is 30.0 Å². The molecule has 0 aliphatic heterocycles. The Morgan fingerprint density at radius 1 is 1.35 bits per heavy atom. The zero-order chi connectivity index (χ0) is 12.8. The second-order valence-corrected chi connectivity index (χ2v) is 4.57. The molecule has 1 rings (SSSR count). The van der Waals surface area contributed by atoms with Crippen LogP contribution in [0.3, 0.4) is 0 Å². The number of carboxylic acid groups (broad SMARTS) is 1. The van der Waals surface area contributed by atoms with E-state index in [0.29, 0.717) is 17.9 Å². The third-order valence-electron chi connectivity index (χ3n) is 2.99. The van der Waals surface area contributed by atoms with E-state index in [9.17, 15) is 14.3 Å². The molecule has 0 aliphatic rings. The van der Waals surface area contributed by atoms with Gasteiger partial charge in [-0.25, -0.2) is 4.39 Å². The molecule has 0 spiro atoms. The molecule has 0 fully saturated rings. The first-order valence-corrected chi connectivity index (χ1v) is 6.02. The average Bonchev–Trinajstić information content (AvgIpc) is 2.27. The van der Waals surface area contributed by atoms with Crippen molar-refractivity contribution in [2.45, 2.75) is 39.0 Å². The van der Waals surface area contributed by atoms with Gasteiger partial charge in [0.2, 0.25) is 0 Å². The molecular formula is C14H19FO2. The number of carboxylic acids is 1. The lowest BCUT2D eigenvalue weighted by molar-refractivity contribution is -0.139. The lowest BCUT2D eigenvalue weighted by Gasteiger charge is -2.17. The van der Waals surface area contributed by atoms with Crippen molar-refractivity contribution in [2.75, 3.05) is 0 Å². The Balaban J connectivity index is 2.79. The van der Waals surface area contributed by atoms with Gasteiger partial charge in [0, 0.05) is 0 Å². The van der Waals surface area contributed by atoms with Crippen LogP contribution in [0, 0.1) is 11.7 Å². The highest BCUT2D eigenvalue weighted by Gasteiger charge is 2.22. The molecule has 2 nitrogen and oxygen atoms in total. The maximum Gasteiger partial charge on any atom is 0.310 e. The molecule has 0 radical (unpaired) electrons. The van der Waals surface area contributed by atoms with Crippen LogP contribution < -0.4 is 0 Å². The third kappa shape index (κ3) is 4.17. The zero-order valence-electron chi connectivity index (χ0n) is 10.3. The molecule has 0 aliphatic carbocycles. The maximum atomic E-state index is 12.8. The van der Waals surface area contributed by atoms with Crippen LogP contribution in [0.2, 0.25) is 0 Å². The molecule has 1 aromatic rings. The van der Waals surface area contributed by atoms with Gasteiger partial charge in [0.05, 0.1) is 5.92 Å². The summed E-state index contributed by atoms with van der Waals surface area (Å²) in [7, 11) is 0. The van der Waals surface area contributed by atoms with Crippen molar-refractivity contribution in [3.63, 3.8) is 0 Å². The monoisotopic (exact) mass is 238 g/mol. The Kier molecular flexibility index (Phi) is 5.13. The van der Waals surface area contributed by atoms with E-state index in [2.05, 4.69) is 13.8 Å². The van der Waals surface area contributed by atoms with Gasteiger partial charge < -0.3 is 5.11 Å². The normalized spacial score (nSPS) is 14.3. The Morgan fingerprint density at radius 2 is 1.94 bits per heavy atom. The number of rotatable bonds is 6. The van der Waals surface area contributed by atoms with E-state index in [0.717, 1.165) is 12.8 Å². The van der Waals surface area contributed by atoms with Crippen LogP contribution in [-0.2, 0) is 4.79 Å². The summed E-state index contributed by atoms with van der Waals surface area (Å²) in [6.07, 6.45) is 2.68. The predicted octanol–water partition coefficient (Wildman–Crippen LogP) is 3.82. The fourth-order valence-corrected chi connectivity index (χ4v) is 2.09. The molecular weight excluding hydrogens is 219 g/mol. The summed E-state index contributed by atoms with van der Waals surface area (Å²) >= 11 is 0. The van der Waals surface area contributed by atoms with E-state index in [-0.39, 0.29) is 5.82 Å². The van der Waals surface area contributed by atoms with Gasteiger partial charge in [0.1, 0.15) is 5.82 Å². The van der Waals surface area contributed by atoms with Crippen LogP contribution in [0.25, 0.3) is 0 Å². The van der Waals surface area contributed by atoms with Crippen molar-refractivity contribution in [3.05, 3.63) is 35.6 Å². The summed E-state index contributed by atoms with van der Waals surface area (Å²) in [6, 6.07) is 5.76. The van der Waals surface area contributed by atoms with Gasteiger partial charge in [-0.3, -0.25) is 4.79 Å². The summed E-state index contributed by atoms with van der Waals surface area (Å²) in [5.74, 6) is -1.33. The SMILES string of the molecule is CCCC(C)CC(C(=O)O)c1ccc(F)cc1. The summed E-state index contributed by atoms with van der Waals surface area (Å²) in [4.78, 5) is 11.2. The summed E-state index contributed by atoms with van der Waals surface area (Å²) in [5, 5.41) is 9.22. The number of carbonyl (C=O) groups is 1. The van der Waals surface area contributed by atoms with Crippen molar-refractivity contribution >= 4 is 5.97 Å². The molecule has 2 unspecified atom stereocenters. The standard InChI is InChI=1S/C14H19FO2/c1-3-4-10(2)9-13(14(16)17)11-5-7-12(15)8-6-11/h5-8,10,13H,3-4,9H2,1-2H3,(H,16,17). The topological polar surface area (TPSA) is 37.3 Å². The summed E-state index contributed by atoms with van der Waals surface area (Å²) in [6.45, 7) is 4.15. The predicted molar refractivity (Wildman–Crippen MR) is 65.5 cm³/mol. The van der Waals surface area contributed by atoms with E-state index in [1.165, 1.54) is 12.1 Å². The van der Waals surface area contributed by atoms with Gasteiger partial charge in [0.25, 0.3) is 0 Å². The minimum absolute atomic E-state index is 0.334. The van der Waals surface area contributed by atoms with Gasteiger partial charge >= 0.3 is 5.97 Å². The van der Waals surface area contributed by atoms with Gasteiger partial charge in [-0.2, -0.15) is 0 Å². The molecule has 2 atom stereocenters. The second-order valence-electron chi connectivity index (χ2n) is 4.57. The van der Waals surface area contributed by atoms with Crippen LogP contribution in [0.15, 0.2) is 24.3 Å². The van der Waals surface area contributed by atoms with Gasteiger partial charge in [-0.1, -0.05) is 38.8 Å². The van der Waals surface area contributed by atoms with Gasteiger partial charge in [0.15, 0.2) is 0 Å². The molecule has 94 valence electrons. The van der Waals surface area contributed by atoms with Crippen LogP contribution in [0.4, 0.5) is 4.39 Å². The Bertz CT molecular complexity index is 359. The first kappa shape index (κ1) is 13.7. The molecule has 0 bridgehead atoms. The fourth-order valence-electron chi connectivity index (χ4n) is 2.09. The lowest BCUT2D eigenvalue weighted by atomic mass is 9.88. The Labute approximate surface area is 101 Å². The van der Waals surface area contributed by atoms with E-state index >= 15 is 0 Å². The number of halogens is 1. The molecule has 0 aromatic heterocycles. The number of benzene rings is 1. The van der Waals surface area contributed by atoms with Crippen LogP contribution in [0.1, 0.15) is 44.6 Å². The Hall–Kier alpha value is -1.38. The molecule has 1 aromatic carbocycles. The number of aliphatic carboxylic acids is 1. The van der Waals surface area contributed by atoms with Crippen molar-refractivity contribution in [1.29, 1.82) is 0 Å². The summed E-state index contributed by atoms with van der Waals surface area (Å²) < 4.78 is 12.8. The average molecular weight is 238 g/mol. The minimum atomic E-state index is -0.834. The Morgan fingerprint density at radius 3 is 2.41 bits per heavy atom. The van der Waals surface area contributed by atoms with Gasteiger partial charge in [-0.15, -0.1) is 0 Å². The quantitative estimate of drug-likeness (QED) is 0.818. The number of hydrogen-bond donors (Lipinski definition) is 1. The second kappa shape index (κ2) is 6.38. The highest BCUT2D eigenvalue weighted by Crippen LogP contribution is 2.26. The van der Waals surface area contributed by atoms with E-state index in [1.807, 2.05) is 0 Å². The molecule has 0 heterocycles. The van der Waals surface area contributed by atoms with Crippen LogP contribution >= 0.6 is 0 Å². The molecule has 0 saturated carbocycles. The van der Waals surface area contributed by atoms with E-state index in [1.54, 1.807) is 12.1 Å². The maximum absolute atomic E-state index is 12.8. The molecule has 17 heavy (non-hydrogen) atoms. The first-order valence-electron chi connectivity index (χ1n) is 6.02.